The average Bonchev–Trinajstić information content (AvgIpc) is 2.53. The van der Waals surface area contributed by atoms with Gasteiger partial charge in [0.1, 0.15) is 5.60 Å². The van der Waals surface area contributed by atoms with E-state index >= 15 is 0 Å². The van der Waals surface area contributed by atoms with Gasteiger partial charge in [0.25, 0.3) is 0 Å². The number of carbonyl (C=O) groups excluding carboxylic acids is 1. The predicted molar refractivity (Wildman–Crippen MR) is 98.4 cm³/mol. The summed E-state index contributed by atoms with van der Waals surface area (Å²) in [6.45, 7) is 7.12. The van der Waals surface area contributed by atoms with Gasteiger partial charge in [-0.3, -0.25) is 4.98 Å². The zero-order chi connectivity index (χ0) is 18.0. The maximum Gasteiger partial charge on any atom is 0.407 e. The van der Waals surface area contributed by atoms with Crippen LogP contribution in [0, 0.1) is 12.1 Å². The molecule has 1 aromatic heterocycles. The van der Waals surface area contributed by atoms with E-state index in [1.807, 2.05) is 26.8 Å². The van der Waals surface area contributed by atoms with Crippen LogP contribution in [0.15, 0.2) is 18.3 Å². The molecule has 0 spiro atoms. The van der Waals surface area contributed by atoms with Gasteiger partial charge in [-0.2, -0.15) is 0 Å². The number of rotatable bonds is 2. The fraction of sp³-hybridized carbons (Fsp3) is 0.474. The standard InChI is InChI=1S/C19H24N4O2/c1-19(2,3)25-18(24)22-13-7-6-10-23(12-13)17-14-8-4-5-9-16(14)21-11-15(17)20/h5,9,11,13H,6-7,10,12,20H2,1-3H3,(H,22,24)/t13-/m0/s1. The molecular weight excluding hydrogens is 316 g/mol. The first-order chi connectivity index (χ1) is 11.8. The van der Waals surface area contributed by atoms with Crippen LogP contribution in [0.1, 0.15) is 33.6 Å². The molecule has 3 N–H and O–H groups in total. The normalized spacial score (nSPS) is 17.9. The Hall–Kier alpha value is -2.68. The minimum absolute atomic E-state index is 0.0129. The van der Waals surface area contributed by atoms with E-state index in [1.165, 1.54) is 0 Å². The summed E-state index contributed by atoms with van der Waals surface area (Å²) in [5.74, 6) is 0. The third kappa shape index (κ3) is 4.05. The summed E-state index contributed by atoms with van der Waals surface area (Å²) in [7, 11) is 0. The van der Waals surface area contributed by atoms with Gasteiger partial charge in [0, 0.05) is 19.1 Å². The second-order valence-corrected chi connectivity index (χ2v) is 7.36. The van der Waals surface area contributed by atoms with E-state index in [-0.39, 0.29) is 12.1 Å². The Bertz CT molecular complexity index is 770. The summed E-state index contributed by atoms with van der Waals surface area (Å²) < 4.78 is 5.36. The summed E-state index contributed by atoms with van der Waals surface area (Å²) in [6.07, 6.45) is 3.16. The van der Waals surface area contributed by atoms with Crippen LogP contribution in [0.2, 0.25) is 0 Å². The Morgan fingerprint density at radius 2 is 2.28 bits per heavy atom. The maximum atomic E-state index is 12.1. The van der Waals surface area contributed by atoms with Gasteiger partial charge in [-0.05, 0) is 45.7 Å². The molecule has 1 fully saturated rings. The van der Waals surface area contributed by atoms with Gasteiger partial charge in [-0.25, -0.2) is 4.79 Å². The van der Waals surface area contributed by atoms with Crippen molar-refractivity contribution in [1.29, 1.82) is 0 Å². The molecule has 0 radical (unpaired) electrons. The second kappa shape index (κ2) is 6.67. The molecule has 6 heteroatoms. The van der Waals surface area contributed by atoms with Gasteiger partial charge < -0.3 is 20.7 Å². The van der Waals surface area contributed by atoms with Crippen molar-refractivity contribution in [3.8, 4) is 0 Å². The number of pyridine rings is 1. The van der Waals surface area contributed by atoms with Crippen molar-refractivity contribution >= 4 is 28.4 Å². The van der Waals surface area contributed by atoms with E-state index in [2.05, 4.69) is 27.3 Å². The summed E-state index contributed by atoms with van der Waals surface area (Å²) in [6, 6.07) is 9.80. The molecule has 0 unspecified atom stereocenters. The molecule has 0 saturated carbocycles. The van der Waals surface area contributed by atoms with Crippen molar-refractivity contribution in [3.05, 3.63) is 30.5 Å². The fourth-order valence-corrected chi connectivity index (χ4v) is 3.13. The smallest absolute Gasteiger partial charge is 0.407 e. The minimum atomic E-state index is -0.505. The van der Waals surface area contributed by atoms with Crippen LogP contribution in [-0.2, 0) is 4.74 Å². The molecule has 1 saturated heterocycles. The molecule has 25 heavy (non-hydrogen) atoms. The van der Waals surface area contributed by atoms with Crippen LogP contribution in [0.3, 0.4) is 0 Å². The molecule has 2 aromatic rings. The molecule has 1 aliphatic heterocycles. The number of ether oxygens (including phenoxy) is 1. The van der Waals surface area contributed by atoms with Crippen molar-refractivity contribution in [2.45, 2.75) is 45.3 Å². The fourth-order valence-electron chi connectivity index (χ4n) is 3.13. The highest BCUT2D eigenvalue weighted by Crippen LogP contribution is 2.32. The second-order valence-electron chi connectivity index (χ2n) is 7.36. The van der Waals surface area contributed by atoms with Gasteiger partial charge in [0.05, 0.1) is 28.5 Å². The SMILES string of the molecule is CC(C)(C)OC(=O)N[C@H]1CCCN(c2c(N)cnc3ccc#cc23)C1. The van der Waals surface area contributed by atoms with E-state index in [4.69, 9.17) is 10.5 Å². The van der Waals surface area contributed by atoms with Crippen LogP contribution < -0.4 is 16.0 Å². The zero-order valence-electron chi connectivity index (χ0n) is 14.9. The lowest BCUT2D eigenvalue weighted by Gasteiger charge is -2.35. The van der Waals surface area contributed by atoms with Crippen molar-refractivity contribution < 1.29 is 9.53 Å². The first-order valence-electron chi connectivity index (χ1n) is 8.54. The van der Waals surface area contributed by atoms with E-state index in [9.17, 15) is 4.79 Å². The maximum absolute atomic E-state index is 12.1. The highest BCUT2D eigenvalue weighted by Gasteiger charge is 2.26. The molecule has 0 bridgehead atoms. The molecule has 3 rings (SSSR count). The third-order valence-corrected chi connectivity index (χ3v) is 4.09. The number of carbonyl (C=O) groups is 1. The topological polar surface area (TPSA) is 80.5 Å². The van der Waals surface area contributed by atoms with Crippen LogP contribution in [0.25, 0.3) is 10.9 Å². The Balaban J connectivity index is 1.78. The lowest BCUT2D eigenvalue weighted by molar-refractivity contribution is 0.0500. The summed E-state index contributed by atoms with van der Waals surface area (Å²) >= 11 is 0. The molecule has 2 heterocycles. The summed E-state index contributed by atoms with van der Waals surface area (Å²) in [5.41, 5.74) is 8.06. The average molecular weight is 340 g/mol. The molecule has 6 nitrogen and oxygen atoms in total. The van der Waals surface area contributed by atoms with Crippen molar-refractivity contribution in [3.63, 3.8) is 0 Å². The van der Waals surface area contributed by atoms with E-state index < -0.39 is 5.60 Å². The predicted octanol–water partition coefficient (Wildman–Crippen LogP) is 2.91. The number of hydrogen-bond donors (Lipinski definition) is 2. The largest absolute Gasteiger partial charge is 0.444 e. The van der Waals surface area contributed by atoms with Crippen LogP contribution in [0.5, 0.6) is 0 Å². The first kappa shape index (κ1) is 17.2. The number of nitrogens with zero attached hydrogens (tertiary/aromatic N) is 2. The Kier molecular flexibility index (Phi) is 4.58. The lowest BCUT2D eigenvalue weighted by atomic mass is 10.0. The molecule has 0 aliphatic carbocycles. The summed E-state index contributed by atoms with van der Waals surface area (Å²) in [4.78, 5) is 18.6. The monoisotopic (exact) mass is 340 g/mol. The van der Waals surface area contributed by atoms with Gasteiger partial charge in [-0.15, -0.1) is 0 Å². The van der Waals surface area contributed by atoms with E-state index in [1.54, 1.807) is 12.3 Å². The van der Waals surface area contributed by atoms with Crippen molar-refractivity contribution in [2.75, 3.05) is 23.7 Å². The number of fused-ring (bicyclic) bond motifs is 1. The molecular formula is C19H24N4O2. The Morgan fingerprint density at radius 3 is 3.04 bits per heavy atom. The molecule has 1 aromatic carbocycles. The van der Waals surface area contributed by atoms with E-state index in [0.29, 0.717) is 12.2 Å². The lowest BCUT2D eigenvalue weighted by Crippen LogP contribution is -2.49. The quantitative estimate of drug-likeness (QED) is 0.878. The number of nitrogens with one attached hydrogen (secondary N) is 1. The van der Waals surface area contributed by atoms with Gasteiger partial charge in [0.2, 0.25) is 0 Å². The van der Waals surface area contributed by atoms with Crippen LogP contribution in [0.4, 0.5) is 16.2 Å². The number of nitrogens with two attached hydrogens (primary N) is 1. The van der Waals surface area contributed by atoms with Gasteiger partial charge in [0.15, 0.2) is 0 Å². The van der Waals surface area contributed by atoms with Crippen molar-refractivity contribution in [1.82, 2.24) is 10.3 Å². The van der Waals surface area contributed by atoms with Crippen molar-refractivity contribution in [2.24, 2.45) is 0 Å². The Morgan fingerprint density at radius 1 is 1.48 bits per heavy atom. The minimum Gasteiger partial charge on any atom is -0.444 e. The number of piperidine rings is 1. The first-order valence-corrected chi connectivity index (χ1v) is 8.54. The number of alkyl carbamates (subject to hydrolysis) is 1. The number of hydrogen-bond acceptors (Lipinski definition) is 5. The number of amides is 1. The molecule has 1 aliphatic rings. The highest BCUT2D eigenvalue weighted by atomic mass is 16.6. The molecule has 1 atom stereocenters. The summed E-state index contributed by atoms with van der Waals surface area (Å²) in [5, 5.41) is 3.83. The number of nitrogen functional groups attached to an aromatic ring is 1. The van der Waals surface area contributed by atoms with Crippen LogP contribution in [-0.4, -0.2) is 35.8 Å². The zero-order valence-corrected chi connectivity index (χ0v) is 14.9. The van der Waals surface area contributed by atoms with Gasteiger partial charge in [-0.1, -0.05) is 12.1 Å². The number of anilines is 2. The highest BCUT2D eigenvalue weighted by molar-refractivity contribution is 5.96. The molecule has 1 amide bonds. The Labute approximate surface area is 148 Å². The third-order valence-electron chi connectivity index (χ3n) is 4.09. The van der Waals surface area contributed by atoms with E-state index in [0.717, 1.165) is 36.0 Å². The molecule has 132 valence electrons. The van der Waals surface area contributed by atoms with Gasteiger partial charge >= 0.3 is 6.09 Å². The number of aromatic nitrogens is 1. The van der Waals surface area contributed by atoms with Crippen LogP contribution >= 0.6 is 0 Å².